The van der Waals surface area contributed by atoms with E-state index in [9.17, 15) is 19.2 Å². The number of hydrogen-bond acceptors (Lipinski definition) is 16. The van der Waals surface area contributed by atoms with Crippen molar-refractivity contribution in [1.29, 1.82) is 0 Å². The number of Topliss-reactive ketones (excluding diaryl/α,β-unsaturated/α-hetero) is 1. The van der Waals surface area contributed by atoms with Gasteiger partial charge in [0.2, 0.25) is 0 Å². The number of hydrogen-bond donors (Lipinski definition) is 1. The van der Waals surface area contributed by atoms with Gasteiger partial charge in [0.05, 0.1) is 37.4 Å². The van der Waals surface area contributed by atoms with Crippen LogP contribution in [0.25, 0.3) is 0 Å². The lowest BCUT2D eigenvalue weighted by atomic mass is 10.1. The molecule has 0 fully saturated rings. The van der Waals surface area contributed by atoms with Crippen LogP contribution < -0.4 is 35.6 Å². The van der Waals surface area contributed by atoms with Crippen molar-refractivity contribution in [2.24, 2.45) is 16.0 Å². The van der Waals surface area contributed by atoms with Crippen LogP contribution in [0, 0.1) is 0 Å². The molecule has 16 heteroatoms. The molecular weight excluding hydrogens is 911 g/mol. The van der Waals surface area contributed by atoms with Gasteiger partial charge >= 0.3 is 17.9 Å². The van der Waals surface area contributed by atoms with Gasteiger partial charge in [0.15, 0.2) is 11.4 Å². The minimum Gasteiger partial charge on any atom is -0.463 e. The highest BCUT2D eigenvalue weighted by molar-refractivity contribution is 6.44. The third-order valence-corrected chi connectivity index (χ3v) is 10.2. The number of ether oxygens (including phenoxy) is 3. The molecule has 16 nitrogen and oxygen atoms in total. The molecule has 0 heterocycles. The Bertz CT molecular complexity index is 2500. The van der Waals surface area contributed by atoms with Crippen LogP contribution in [0.3, 0.4) is 0 Å². The summed E-state index contributed by atoms with van der Waals surface area (Å²) in [5.41, 5.74) is 8.25. The first-order valence-electron chi connectivity index (χ1n) is 23.0. The number of rotatable bonds is 16. The molecule has 2 N–H and O–H groups in total. The van der Waals surface area contributed by atoms with Crippen LogP contribution in [0.2, 0.25) is 0 Å². The van der Waals surface area contributed by atoms with Crippen molar-refractivity contribution in [3.05, 3.63) is 180 Å². The Morgan fingerprint density at radius 2 is 0.694 bits per heavy atom. The van der Waals surface area contributed by atoms with Gasteiger partial charge in [-0.2, -0.15) is 10.2 Å². The largest absolute Gasteiger partial charge is 0.463 e. The summed E-state index contributed by atoms with van der Waals surface area (Å²) in [4.78, 5) is 52.9. The third-order valence-electron chi connectivity index (χ3n) is 10.2. The van der Waals surface area contributed by atoms with Crippen molar-refractivity contribution in [2.45, 2.75) is 13.8 Å². The maximum Gasteiger partial charge on any atom is 0.379 e. The van der Waals surface area contributed by atoms with Crippen LogP contribution in [-0.2, 0) is 28.6 Å². The van der Waals surface area contributed by atoms with E-state index in [1.807, 2.05) is 218 Å². The van der Waals surface area contributed by atoms with E-state index in [2.05, 4.69) is 14.9 Å². The molecule has 0 aromatic heterocycles. The number of hydrazine groups is 1. The summed E-state index contributed by atoms with van der Waals surface area (Å²) in [5.74, 6) is 3.12. The van der Waals surface area contributed by atoms with Crippen molar-refractivity contribution >= 4 is 69.2 Å². The average Bonchev–Trinajstić information content (AvgIpc) is 3.40. The van der Waals surface area contributed by atoms with Gasteiger partial charge in [-0.3, -0.25) is 14.8 Å². The Hall–Kier alpha value is -8.50. The molecule has 6 rings (SSSR count). The number of nitrogens with two attached hydrogens (primary N) is 1. The zero-order valence-corrected chi connectivity index (χ0v) is 43.5. The summed E-state index contributed by atoms with van der Waals surface area (Å²) in [5, 5.41) is 13.9. The van der Waals surface area contributed by atoms with Crippen LogP contribution >= 0.6 is 0 Å². The second-order valence-corrected chi connectivity index (χ2v) is 16.1. The van der Waals surface area contributed by atoms with Gasteiger partial charge in [-0.1, -0.05) is 78.9 Å². The van der Waals surface area contributed by atoms with Crippen LogP contribution in [0.5, 0.6) is 0 Å². The van der Waals surface area contributed by atoms with Crippen molar-refractivity contribution < 1.29 is 33.4 Å². The van der Waals surface area contributed by atoms with Crippen LogP contribution in [-0.4, -0.2) is 119 Å². The maximum atomic E-state index is 12.3. The minimum atomic E-state index is -0.840. The molecular formula is C56H69N9O7. The Kier molecular flexibility index (Phi) is 24.2. The number of esters is 3. The SMILES string of the molecule is CCOC(=O)/C(=N/N(C)c1ccccc1)c1ccc(N(C)C)cc1.CCOC(=O)/C(=N\N(C)c1ccccc1)c1ccc(N(C)C)cc1.CN(N)c1ccccc1.COC(=O)C(=O)c1ccc(N(C)C)cc1. The monoisotopic (exact) mass is 980 g/mol. The highest BCUT2D eigenvalue weighted by Crippen LogP contribution is 2.19. The highest BCUT2D eigenvalue weighted by Gasteiger charge is 2.19. The second-order valence-electron chi connectivity index (χ2n) is 16.1. The Morgan fingerprint density at radius 3 is 0.944 bits per heavy atom. The predicted molar refractivity (Wildman–Crippen MR) is 294 cm³/mol. The molecule has 6 aromatic rings. The first-order chi connectivity index (χ1) is 34.4. The summed E-state index contributed by atoms with van der Waals surface area (Å²) < 4.78 is 14.7. The lowest BCUT2D eigenvalue weighted by Crippen LogP contribution is -2.24. The standard InChI is InChI=1S/2C19H23N3O2.C11H13NO3.C7H10N2/c2*1-5-24-19(23)18(15-11-13-16(14-12-15)21(2)3)20-22(4)17-9-7-6-8-10-17;1-12(2)9-6-4-8(5-7-9)10(13)11(14)15-3;1-9(8)7-5-3-2-4-6-7/h2*6-14H,5H2,1-4H3;4-7H,1-3H3;2-6H,8H2,1H3/b20-18+;20-18-;;. The minimum absolute atomic E-state index is 0.286. The van der Waals surface area contributed by atoms with Crippen LogP contribution in [0.1, 0.15) is 35.3 Å². The van der Waals surface area contributed by atoms with Gasteiger partial charge in [-0.05, 0) is 98.8 Å². The van der Waals surface area contributed by atoms with E-state index in [0.29, 0.717) is 18.8 Å². The molecule has 0 radical (unpaired) electrons. The topological polar surface area (TPSA) is 166 Å². The molecule has 72 heavy (non-hydrogen) atoms. The number of hydrazone groups is 2. The second kappa shape index (κ2) is 30.2. The summed E-state index contributed by atoms with van der Waals surface area (Å²) in [6.07, 6.45) is 0. The highest BCUT2D eigenvalue weighted by atomic mass is 16.5. The number of methoxy groups -OCH3 is 1. The van der Waals surface area contributed by atoms with Crippen molar-refractivity contribution in [1.82, 2.24) is 0 Å². The van der Waals surface area contributed by atoms with Gasteiger partial charge in [-0.25, -0.2) is 20.2 Å². The van der Waals surface area contributed by atoms with Crippen molar-refractivity contribution in [3.63, 3.8) is 0 Å². The summed E-state index contributed by atoms with van der Waals surface area (Å²) in [6, 6.07) is 51.2. The van der Waals surface area contributed by atoms with Gasteiger partial charge in [0.1, 0.15) is 0 Å². The van der Waals surface area contributed by atoms with Gasteiger partial charge in [-0.15, -0.1) is 0 Å². The summed E-state index contributed by atoms with van der Waals surface area (Å²) in [6.45, 7) is 4.18. The van der Waals surface area contributed by atoms with E-state index in [0.717, 1.165) is 45.3 Å². The molecule has 0 saturated carbocycles. The Balaban J connectivity index is 0.000000268. The van der Waals surface area contributed by atoms with E-state index < -0.39 is 23.7 Å². The zero-order valence-electron chi connectivity index (χ0n) is 43.5. The number of para-hydroxylation sites is 3. The molecule has 0 aliphatic carbocycles. The van der Waals surface area contributed by atoms with E-state index >= 15 is 0 Å². The zero-order chi connectivity index (χ0) is 53.2. The van der Waals surface area contributed by atoms with Crippen LogP contribution in [0.15, 0.2) is 174 Å². The van der Waals surface area contributed by atoms with E-state index in [1.54, 1.807) is 53.1 Å². The fourth-order valence-electron chi connectivity index (χ4n) is 6.15. The predicted octanol–water partition coefficient (Wildman–Crippen LogP) is 8.42. The van der Waals surface area contributed by atoms with Gasteiger partial charge < -0.3 is 33.9 Å². The number of benzene rings is 6. The quantitative estimate of drug-likeness (QED) is 0.0187. The molecule has 0 aliphatic heterocycles. The fraction of sp³-hybridized carbons (Fsp3) is 0.250. The average molecular weight is 980 g/mol. The lowest BCUT2D eigenvalue weighted by Gasteiger charge is -2.16. The van der Waals surface area contributed by atoms with E-state index in [4.69, 9.17) is 15.3 Å². The number of nitrogens with zero attached hydrogens (tertiary/aromatic N) is 8. The Labute approximate surface area is 425 Å². The molecule has 0 atom stereocenters. The first kappa shape index (κ1) is 57.8. The summed E-state index contributed by atoms with van der Waals surface area (Å²) in [7, 11) is 18.3. The number of carbonyl (C=O) groups is 4. The van der Waals surface area contributed by atoms with Gasteiger partial charge in [0.25, 0.3) is 5.78 Å². The van der Waals surface area contributed by atoms with E-state index in [1.165, 1.54) is 7.11 Å². The normalized spacial score (nSPS) is 10.5. The molecule has 6 aromatic carbocycles. The number of anilines is 6. The van der Waals surface area contributed by atoms with Gasteiger partial charge in [0, 0.05) is 97.2 Å². The van der Waals surface area contributed by atoms with Crippen molar-refractivity contribution in [3.8, 4) is 0 Å². The molecule has 0 spiro atoms. The molecule has 0 amide bonds. The lowest BCUT2D eigenvalue weighted by molar-refractivity contribution is -0.135. The smallest absolute Gasteiger partial charge is 0.379 e. The number of ketones is 1. The molecule has 0 saturated heterocycles. The first-order valence-corrected chi connectivity index (χ1v) is 23.0. The van der Waals surface area contributed by atoms with E-state index in [-0.39, 0.29) is 11.4 Å². The fourth-order valence-corrected chi connectivity index (χ4v) is 6.15. The molecule has 0 aliphatic rings. The van der Waals surface area contributed by atoms with Crippen molar-refractivity contribution in [2.75, 3.05) is 113 Å². The number of carbonyl (C=O) groups excluding carboxylic acids is 4. The van der Waals surface area contributed by atoms with Crippen LogP contribution in [0.4, 0.5) is 34.1 Å². The summed E-state index contributed by atoms with van der Waals surface area (Å²) >= 11 is 0. The maximum absolute atomic E-state index is 12.3. The molecule has 0 unspecified atom stereocenters. The molecule has 0 bridgehead atoms. The third kappa shape index (κ3) is 18.8. The molecule has 380 valence electrons. The Morgan fingerprint density at radius 1 is 0.403 bits per heavy atom.